The fourth-order valence-electron chi connectivity index (χ4n) is 2.04. The Bertz CT molecular complexity index is 546. The molecule has 20 heavy (non-hydrogen) atoms. The molecule has 6 heteroatoms. The third-order valence-electron chi connectivity index (χ3n) is 3.13. The SMILES string of the molecule is CCn1ncc(OC)c1C(O)c1ccc(C(F)F)cc1. The van der Waals surface area contributed by atoms with Crippen LogP contribution in [-0.2, 0) is 6.54 Å². The maximum absolute atomic E-state index is 12.5. The highest BCUT2D eigenvalue weighted by Crippen LogP contribution is 2.30. The number of ether oxygens (including phenoxy) is 1. The quantitative estimate of drug-likeness (QED) is 0.917. The van der Waals surface area contributed by atoms with Gasteiger partial charge >= 0.3 is 0 Å². The largest absolute Gasteiger partial charge is 0.493 e. The van der Waals surface area contributed by atoms with Crippen molar-refractivity contribution in [2.75, 3.05) is 7.11 Å². The van der Waals surface area contributed by atoms with E-state index < -0.39 is 12.5 Å². The van der Waals surface area contributed by atoms with Gasteiger partial charge in [0.25, 0.3) is 6.43 Å². The Labute approximate surface area is 115 Å². The number of aliphatic hydroxyl groups is 1. The van der Waals surface area contributed by atoms with Crippen LogP contribution in [0.15, 0.2) is 30.5 Å². The first-order valence-electron chi connectivity index (χ1n) is 6.24. The highest BCUT2D eigenvalue weighted by molar-refractivity contribution is 5.36. The molecule has 0 aliphatic heterocycles. The number of aryl methyl sites for hydroxylation is 1. The second-order valence-electron chi connectivity index (χ2n) is 4.28. The third kappa shape index (κ3) is 2.65. The zero-order valence-electron chi connectivity index (χ0n) is 11.3. The van der Waals surface area contributed by atoms with Gasteiger partial charge in [0, 0.05) is 12.1 Å². The summed E-state index contributed by atoms with van der Waals surface area (Å²) in [7, 11) is 1.49. The van der Waals surface area contributed by atoms with Crippen molar-refractivity contribution in [3.05, 3.63) is 47.3 Å². The average Bonchev–Trinajstić information content (AvgIpc) is 2.89. The molecule has 1 aromatic heterocycles. The van der Waals surface area contributed by atoms with Gasteiger partial charge in [-0.25, -0.2) is 8.78 Å². The van der Waals surface area contributed by atoms with Gasteiger partial charge in [-0.2, -0.15) is 5.10 Å². The number of hydrogen-bond donors (Lipinski definition) is 1. The van der Waals surface area contributed by atoms with E-state index in [4.69, 9.17) is 4.74 Å². The molecule has 0 radical (unpaired) electrons. The summed E-state index contributed by atoms with van der Waals surface area (Å²) in [5.41, 5.74) is 0.958. The Morgan fingerprint density at radius 3 is 2.35 bits per heavy atom. The molecule has 1 heterocycles. The van der Waals surface area contributed by atoms with Crippen LogP contribution in [0.2, 0.25) is 0 Å². The van der Waals surface area contributed by atoms with E-state index in [2.05, 4.69) is 5.10 Å². The van der Waals surface area contributed by atoms with Gasteiger partial charge in [0.2, 0.25) is 0 Å². The zero-order valence-corrected chi connectivity index (χ0v) is 11.3. The Kier molecular flexibility index (Phi) is 4.34. The Morgan fingerprint density at radius 1 is 1.25 bits per heavy atom. The number of halogens is 2. The summed E-state index contributed by atoms with van der Waals surface area (Å²) in [5.74, 6) is 0.470. The van der Waals surface area contributed by atoms with E-state index in [0.29, 0.717) is 23.6 Å². The highest BCUT2D eigenvalue weighted by atomic mass is 19.3. The number of methoxy groups -OCH3 is 1. The van der Waals surface area contributed by atoms with Crippen LogP contribution in [0.5, 0.6) is 5.75 Å². The van der Waals surface area contributed by atoms with Crippen LogP contribution in [0.25, 0.3) is 0 Å². The van der Waals surface area contributed by atoms with Crippen molar-refractivity contribution >= 4 is 0 Å². The summed E-state index contributed by atoms with van der Waals surface area (Å²) < 4.78 is 31.8. The predicted molar refractivity (Wildman–Crippen MR) is 69.9 cm³/mol. The van der Waals surface area contributed by atoms with Crippen LogP contribution in [-0.4, -0.2) is 22.0 Å². The third-order valence-corrected chi connectivity index (χ3v) is 3.13. The molecule has 1 N–H and O–H groups in total. The molecule has 2 aromatic rings. The van der Waals surface area contributed by atoms with E-state index in [1.165, 1.54) is 37.6 Å². The minimum atomic E-state index is -2.52. The minimum absolute atomic E-state index is 0.0723. The van der Waals surface area contributed by atoms with Crippen LogP contribution in [0.4, 0.5) is 8.78 Å². The zero-order chi connectivity index (χ0) is 14.7. The van der Waals surface area contributed by atoms with Gasteiger partial charge in [0.15, 0.2) is 5.75 Å². The minimum Gasteiger partial charge on any atom is -0.493 e. The molecular formula is C14H16F2N2O2. The normalized spacial score (nSPS) is 12.7. The lowest BCUT2D eigenvalue weighted by atomic mass is 10.0. The molecule has 1 unspecified atom stereocenters. The van der Waals surface area contributed by atoms with E-state index >= 15 is 0 Å². The number of rotatable bonds is 5. The van der Waals surface area contributed by atoms with Crippen LogP contribution >= 0.6 is 0 Å². The van der Waals surface area contributed by atoms with Gasteiger partial charge in [-0.15, -0.1) is 0 Å². The summed E-state index contributed by atoms with van der Waals surface area (Å²) in [4.78, 5) is 0. The number of nitrogens with zero attached hydrogens (tertiary/aromatic N) is 2. The van der Waals surface area contributed by atoms with Crippen LogP contribution in [0.1, 0.15) is 36.3 Å². The molecule has 0 aliphatic carbocycles. The van der Waals surface area contributed by atoms with Crippen LogP contribution in [0.3, 0.4) is 0 Å². The second-order valence-corrected chi connectivity index (χ2v) is 4.28. The van der Waals surface area contributed by atoms with E-state index in [0.717, 1.165) is 0 Å². The number of aliphatic hydroxyl groups excluding tert-OH is 1. The average molecular weight is 282 g/mol. The molecule has 1 atom stereocenters. The lowest BCUT2D eigenvalue weighted by molar-refractivity contribution is 0.151. The highest BCUT2D eigenvalue weighted by Gasteiger charge is 2.21. The van der Waals surface area contributed by atoms with Crippen LogP contribution < -0.4 is 4.74 Å². The van der Waals surface area contributed by atoms with E-state index in [-0.39, 0.29) is 5.56 Å². The smallest absolute Gasteiger partial charge is 0.263 e. The van der Waals surface area contributed by atoms with Crippen molar-refractivity contribution in [3.63, 3.8) is 0 Å². The first-order chi connectivity index (χ1) is 9.58. The van der Waals surface area contributed by atoms with Crippen molar-refractivity contribution in [2.24, 2.45) is 0 Å². The summed E-state index contributed by atoms with van der Waals surface area (Å²) in [6, 6.07) is 5.59. The maximum atomic E-state index is 12.5. The number of hydrogen-bond acceptors (Lipinski definition) is 3. The van der Waals surface area contributed by atoms with Crippen molar-refractivity contribution < 1.29 is 18.6 Å². The molecule has 0 aliphatic rings. The van der Waals surface area contributed by atoms with Gasteiger partial charge in [0.1, 0.15) is 11.8 Å². The van der Waals surface area contributed by atoms with E-state index in [9.17, 15) is 13.9 Å². The van der Waals surface area contributed by atoms with Gasteiger partial charge in [-0.3, -0.25) is 4.68 Å². The number of benzene rings is 1. The molecule has 108 valence electrons. The molecule has 0 fully saturated rings. The molecule has 0 saturated heterocycles. The first kappa shape index (κ1) is 14.5. The summed E-state index contributed by atoms with van der Waals surface area (Å²) >= 11 is 0. The van der Waals surface area contributed by atoms with Crippen molar-refractivity contribution in [1.29, 1.82) is 0 Å². The van der Waals surface area contributed by atoms with E-state index in [1.54, 1.807) is 4.68 Å². The molecule has 0 bridgehead atoms. The van der Waals surface area contributed by atoms with Crippen molar-refractivity contribution in [1.82, 2.24) is 9.78 Å². The second kappa shape index (κ2) is 6.00. The molecule has 2 rings (SSSR count). The Hall–Kier alpha value is -1.95. The summed E-state index contributed by atoms with van der Waals surface area (Å²) in [5, 5.41) is 14.5. The van der Waals surface area contributed by atoms with Crippen molar-refractivity contribution in [3.8, 4) is 5.75 Å². The molecule has 1 aromatic carbocycles. The summed E-state index contributed by atoms with van der Waals surface area (Å²) in [6.45, 7) is 2.47. The lowest BCUT2D eigenvalue weighted by Gasteiger charge is -2.15. The number of alkyl halides is 2. The predicted octanol–water partition coefficient (Wildman–Crippen LogP) is 2.93. The molecular weight excluding hydrogens is 266 g/mol. The van der Waals surface area contributed by atoms with Crippen LogP contribution in [0, 0.1) is 0 Å². The molecule has 0 spiro atoms. The van der Waals surface area contributed by atoms with Gasteiger partial charge in [-0.1, -0.05) is 24.3 Å². The first-order valence-corrected chi connectivity index (χ1v) is 6.24. The van der Waals surface area contributed by atoms with Gasteiger partial charge in [0.05, 0.1) is 13.3 Å². The molecule has 0 saturated carbocycles. The fourth-order valence-corrected chi connectivity index (χ4v) is 2.04. The monoisotopic (exact) mass is 282 g/mol. The van der Waals surface area contributed by atoms with Crippen molar-refractivity contribution in [2.45, 2.75) is 26.0 Å². The standard InChI is InChI=1S/C14H16F2N2O2/c1-3-18-12(11(20-2)8-17-18)13(19)9-4-6-10(7-5-9)14(15)16/h4-8,13-14,19H,3H2,1-2H3. The van der Waals surface area contributed by atoms with E-state index in [1.807, 2.05) is 6.92 Å². The Morgan fingerprint density at radius 2 is 1.85 bits per heavy atom. The maximum Gasteiger partial charge on any atom is 0.263 e. The Balaban J connectivity index is 2.35. The molecule has 4 nitrogen and oxygen atoms in total. The molecule has 0 amide bonds. The summed E-state index contributed by atoms with van der Waals surface area (Å²) in [6.07, 6.45) is -1.97. The topological polar surface area (TPSA) is 47.3 Å². The number of aromatic nitrogens is 2. The fraction of sp³-hybridized carbons (Fsp3) is 0.357. The lowest BCUT2D eigenvalue weighted by Crippen LogP contribution is -2.10. The van der Waals surface area contributed by atoms with Gasteiger partial charge in [-0.05, 0) is 12.5 Å². The van der Waals surface area contributed by atoms with Gasteiger partial charge < -0.3 is 9.84 Å².